The molecule has 2 heterocycles. The largest absolute Gasteiger partial charge is 0.314 e. The Bertz CT molecular complexity index is 244. The number of hydrogen-bond donors (Lipinski definition) is 1. The van der Waals surface area contributed by atoms with Crippen molar-refractivity contribution in [2.24, 2.45) is 0 Å². The van der Waals surface area contributed by atoms with E-state index in [0.717, 1.165) is 5.25 Å². The molecular weight excluding hydrogens is 242 g/mol. The van der Waals surface area contributed by atoms with Gasteiger partial charge in [-0.2, -0.15) is 0 Å². The van der Waals surface area contributed by atoms with Gasteiger partial charge in [-0.15, -0.1) is 23.1 Å². The molecule has 1 N–H and O–H groups in total. The molecule has 60 valence electrons. The summed E-state index contributed by atoms with van der Waals surface area (Å²) in [4.78, 5) is 0. The van der Waals surface area contributed by atoms with Crippen molar-refractivity contribution >= 4 is 39.0 Å². The monoisotopic (exact) mass is 249 g/mol. The van der Waals surface area contributed by atoms with Crippen LogP contribution < -0.4 is 5.32 Å². The lowest BCUT2D eigenvalue weighted by Gasteiger charge is -2.25. The molecule has 1 aliphatic rings. The van der Waals surface area contributed by atoms with Gasteiger partial charge in [0, 0.05) is 18.3 Å². The molecule has 0 saturated carbocycles. The normalized spacial score (nSPS) is 18.3. The Morgan fingerprint density at radius 2 is 2.36 bits per heavy atom. The quantitative estimate of drug-likeness (QED) is 0.865. The Morgan fingerprint density at radius 1 is 1.55 bits per heavy atom. The molecule has 1 fully saturated rings. The SMILES string of the molecule is Brc1ccc(SC2CNC2)s1. The van der Waals surface area contributed by atoms with Crippen LogP contribution in [0.1, 0.15) is 0 Å². The van der Waals surface area contributed by atoms with Crippen LogP contribution in [0.25, 0.3) is 0 Å². The first-order valence-corrected chi connectivity index (χ1v) is 5.96. The summed E-state index contributed by atoms with van der Waals surface area (Å²) in [6.07, 6.45) is 0. The summed E-state index contributed by atoms with van der Waals surface area (Å²) >= 11 is 7.25. The van der Waals surface area contributed by atoms with Gasteiger partial charge in [0.2, 0.25) is 0 Å². The van der Waals surface area contributed by atoms with Crippen LogP contribution in [-0.4, -0.2) is 18.3 Å². The summed E-state index contributed by atoms with van der Waals surface area (Å²) in [5, 5.41) is 4.07. The fourth-order valence-corrected chi connectivity index (χ4v) is 4.06. The van der Waals surface area contributed by atoms with Gasteiger partial charge in [0.1, 0.15) is 0 Å². The number of hydrogen-bond acceptors (Lipinski definition) is 3. The Balaban J connectivity index is 1.95. The third kappa shape index (κ3) is 1.99. The van der Waals surface area contributed by atoms with Gasteiger partial charge in [-0.1, -0.05) is 0 Å². The maximum absolute atomic E-state index is 3.45. The zero-order valence-corrected chi connectivity index (χ0v) is 9.06. The molecule has 1 aromatic rings. The van der Waals surface area contributed by atoms with E-state index in [9.17, 15) is 0 Å². The van der Waals surface area contributed by atoms with Gasteiger partial charge in [0.05, 0.1) is 8.00 Å². The standard InChI is InChI=1S/C7H8BrNS2/c8-6-1-2-7(11-6)10-5-3-9-4-5/h1-2,5,9H,3-4H2. The molecule has 0 atom stereocenters. The highest BCUT2D eigenvalue weighted by atomic mass is 79.9. The highest BCUT2D eigenvalue weighted by molar-refractivity contribution is 9.11. The molecule has 0 bridgehead atoms. The number of thioether (sulfide) groups is 1. The molecule has 1 aliphatic heterocycles. The zero-order chi connectivity index (χ0) is 7.68. The lowest BCUT2D eigenvalue weighted by Crippen LogP contribution is -2.44. The van der Waals surface area contributed by atoms with E-state index in [0.29, 0.717) is 0 Å². The number of nitrogens with one attached hydrogen (secondary N) is 1. The van der Waals surface area contributed by atoms with Gasteiger partial charge in [-0.05, 0) is 28.1 Å². The minimum Gasteiger partial charge on any atom is -0.314 e. The molecule has 11 heavy (non-hydrogen) atoms. The molecular formula is C7H8BrNS2. The average molecular weight is 250 g/mol. The van der Waals surface area contributed by atoms with Crippen molar-refractivity contribution in [3.05, 3.63) is 15.9 Å². The summed E-state index contributed by atoms with van der Waals surface area (Å²) in [6.45, 7) is 2.33. The molecule has 0 radical (unpaired) electrons. The number of thiophene rings is 1. The maximum Gasteiger partial charge on any atom is 0.0710 e. The molecule has 0 unspecified atom stereocenters. The molecule has 2 rings (SSSR count). The Morgan fingerprint density at radius 3 is 2.82 bits per heavy atom. The van der Waals surface area contributed by atoms with Crippen LogP contribution >= 0.6 is 39.0 Å². The predicted octanol–water partition coefficient (Wildman–Crippen LogP) is 2.57. The van der Waals surface area contributed by atoms with Gasteiger partial charge in [0.25, 0.3) is 0 Å². The lowest BCUT2D eigenvalue weighted by molar-refractivity contribution is 0.544. The third-order valence-corrected chi connectivity index (χ3v) is 4.57. The Hall–Kier alpha value is 0.490. The summed E-state index contributed by atoms with van der Waals surface area (Å²) in [5.74, 6) is 0. The van der Waals surface area contributed by atoms with Crippen molar-refractivity contribution in [3.63, 3.8) is 0 Å². The maximum atomic E-state index is 3.45. The van der Waals surface area contributed by atoms with Crippen LogP contribution in [0.5, 0.6) is 0 Å². The Labute approximate surface area is 82.7 Å². The van der Waals surface area contributed by atoms with Crippen molar-refractivity contribution in [1.82, 2.24) is 5.32 Å². The van der Waals surface area contributed by atoms with Crippen LogP contribution in [0.2, 0.25) is 0 Å². The van der Waals surface area contributed by atoms with E-state index in [-0.39, 0.29) is 0 Å². The van der Waals surface area contributed by atoms with E-state index < -0.39 is 0 Å². The zero-order valence-electron chi connectivity index (χ0n) is 5.84. The summed E-state index contributed by atoms with van der Waals surface area (Å²) in [5.41, 5.74) is 0. The fourth-order valence-electron chi connectivity index (χ4n) is 0.871. The second kappa shape index (κ2) is 3.47. The average Bonchev–Trinajstić information content (AvgIpc) is 2.27. The summed E-state index contributed by atoms with van der Waals surface area (Å²) < 4.78 is 2.65. The van der Waals surface area contributed by atoms with E-state index in [2.05, 4.69) is 33.4 Å². The Kier molecular flexibility index (Phi) is 2.56. The van der Waals surface area contributed by atoms with Gasteiger partial charge >= 0.3 is 0 Å². The number of halogens is 1. The van der Waals surface area contributed by atoms with Gasteiger partial charge in [-0.25, -0.2) is 0 Å². The van der Waals surface area contributed by atoms with Crippen molar-refractivity contribution in [3.8, 4) is 0 Å². The van der Waals surface area contributed by atoms with E-state index >= 15 is 0 Å². The molecule has 1 saturated heterocycles. The molecule has 0 aromatic carbocycles. The first-order chi connectivity index (χ1) is 5.34. The van der Waals surface area contributed by atoms with Gasteiger partial charge < -0.3 is 5.32 Å². The predicted molar refractivity (Wildman–Crippen MR) is 54.5 cm³/mol. The van der Waals surface area contributed by atoms with Crippen molar-refractivity contribution in [2.45, 2.75) is 9.46 Å². The summed E-state index contributed by atoms with van der Waals surface area (Å²) in [7, 11) is 0. The topological polar surface area (TPSA) is 12.0 Å². The van der Waals surface area contributed by atoms with Gasteiger partial charge in [0.15, 0.2) is 0 Å². The van der Waals surface area contributed by atoms with Crippen LogP contribution in [0.15, 0.2) is 20.1 Å². The molecule has 0 aliphatic carbocycles. The van der Waals surface area contributed by atoms with Crippen molar-refractivity contribution in [1.29, 1.82) is 0 Å². The minimum absolute atomic E-state index is 0.806. The van der Waals surface area contributed by atoms with E-state index in [1.165, 1.54) is 21.1 Å². The highest BCUT2D eigenvalue weighted by Gasteiger charge is 2.18. The first-order valence-electron chi connectivity index (χ1n) is 3.47. The molecule has 0 spiro atoms. The highest BCUT2D eigenvalue weighted by Crippen LogP contribution is 2.34. The van der Waals surface area contributed by atoms with Crippen molar-refractivity contribution in [2.75, 3.05) is 13.1 Å². The number of rotatable bonds is 2. The smallest absolute Gasteiger partial charge is 0.0710 e. The van der Waals surface area contributed by atoms with Crippen LogP contribution in [0.4, 0.5) is 0 Å². The van der Waals surface area contributed by atoms with Crippen LogP contribution in [0.3, 0.4) is 0 Å². The second-order valence-electron chi connectivity index (χ2n) is 2.46. The first kappa shape index (κ1) is 8.10. The van der Waals surface area contributed by atoms with E-state index in [1.807, 2.05) is 23.1 Å². The minimum atomic E-state index is 0.806. The van der Waals surface area contributed by atoms with Crippen LogP contribution in [0, 0.1) is 0 Å². The van der Waals surface area contributed by atoms with Crippen LogP contribution in [-0.2, 0) is 0 Å². The summed E-state index contributed by atoms with van der Waals surface area (Å²) in [6, 6.07) is 4.29. The fraction of sp³-hybridized carbons (Fsp3) is 0.429. The van der Waals surface area contributed by atoms with E-state index in [1.54, 1.807) is 0 Å². The van der Waals surface area contributed by atoms with E-state index in [4.69, 9.17) is 0 Å². The molecule has 0 amide bonds. The molecule has 4 heteroatoms. The second-order valence-corrected chi connectivity index (χ2v) is 6.52. The lowest BCUT2D eigenvalue weighted by atomic mass is 10.3. The van der Waals surface area contributed by atoms with Gasteiger partial charge in [-0.3, -0.25) is 0 Å². The molecule has 1 aromatic heterocycles. The molecule has 1 nitrogen and oxygen atoms in total. The third-order valence-electron chi connectivity index (χ3n) is 1.58. The van der Waals surface area contributed by atoms with Crippen molar-refractivity contribution < 1.29 is 0 Å².